The van der Waals surface area contributed by atoms with Gasteiger partial charge in [0.25, 0.3) is 0 Å². The summed E-state index contributed by atoms with van der Waals surface area (Å²) in [6.07, 6.45) is 1.38. The molecule has 0 unspecified atom stereocenters. The van der Waals surface area contributed by atoms with Gasteiger partial charge >= 0.3 is 0 Å². The molecule has 1 aromatic carbocycles. The van der Waals surface area contributed by atoms with Crippen LogP contribution in [0.3, 0.4) is 0 Å². The molecule has 102 valence electrons. The number of nitrogens with zero attached hydrogens (tertiary/aromatic N) is 1. The van der Waals surface area contributed by atoms with Crippen LogP contribution < -0.4 is 10.5 Å². The van der Waals surface area contributed by atoms with E-state index in [0.717, 1.165) is 5.56 Å². The number of aromatic nitrogens is 1. The maximum absolute atomic E-state index is 12.3. The first-order valence-corrected chi connectivity index (χ1v) is 7.15. The average Bonchev–Trinajstić information content (AvgIpc) is 2.85. The fraction of sp³-hybridized carbons (Fsp3) is 0.250. The molecular weight excluding hydrogens is 266 g/mol. The largest absolute Gasteiger partial charge is 0.397 e. The van der Waals surface area contributed by atoms with E-state index in [2.05, 4.69) is 14.4 Å². The van der Waals surface area contributed by atoms with Crippen molar-refractivity contribution in [3.63, 3.8) is 0 Å². The van der Waals surface area contributed by atoms with Gasteiger partial charge in [-0.1, -0.05) is 17.3 Å². The van der Waals surface area contributed by atoms with Crippen LogP contribution >= 0.6 is 0 Å². The number of hydrogen-bond acceptors (Lipinski definition) is 5. The Bertz CT molecular complexity index is 678. The molecule has 2 aromatic rings. The first kappa shape index (κ1) is 13.6. The zero-order chi connectivity index (χ0) is 14.0. The molecule has 0 atom stereocenters. The molecule has 6 nitrogen and oxygen atoms in total. The minimum Gasteiger partial charge on any atom is -0.397 e. The molecule has 19 heavy (non-hydrogen) atoms. The standard InChI is InChI=1S/C12H15N3O3S/c1-8-3-4-9(2)12(11(8)13)19(16,17)14-7-10-5-6-18-15-10/h3-6,14H,7,13H2,1-2H3. The van der Waals surface area contributed by atoms with Crippen LogP contribution in [0.1, 0.15) is 16.8 Å². The second-order valence-electron chi connectivity index (χ2n) is 4.26. The Morgan fingerprint density at radius 1 is 1.26 bits per heavy atom. The number of benzene rings is 1. The van der Waals surface area contributed by atoms with Crippen LogP contribution in [-0.2, 0) is 16.6 Å². The zero-order valence-corrected chi connectivity index (χ0v) is 11.5. The summed E-state index contributed by atoms with van der Waals surface area (Å²) in [7, 11) is -3.68. The highest BCUT2D eigenvalue weighted by Gasteiger charge is 2.21. The van der Waals surface area contributed by atoms with E-state index in [1.54, 1.807) is 32.0 Å². The van der Waals surface area contributed by atoms with Gasteiger partial charge in [-0.05, 0) is 25.0 Å². The van der Waals surface area contributed by atoms with Crippen molar-refractivity contribution in [3.05, 3.63) is 41.3 Å². The van der Waals surface area contributed by atoms with Crippen molar-refractivity contribution in [2.45, 2.75) is 25.3 Å². The number of hydrogen-bond donors (Lipinski definition) is 2. The minimum atomic E-state index is -3.68. The topological polar surface area (TPSA) is 98.2 Å². The van der Waals surface area contributed by atoms with E-state index in [1.165, 1.54) is 6.26 Å². The lowest BCUT2D eigenvalue weighted by Crippen LogP contribution is -2.25. The number of nitrogens with two attached hydrogens (primary N) is 1. The number of aryl methyl sites for hydroxylation is 2. The van der Waals surface area contributed by atoms with E-state index < -0.39 is 10.0 Å². The minimum absolute atomic E-state index is 0.0612. The van der Waals surface area contributed by atoms with E-state index >= 15 is 0 Å². The van der Waals surface area contributed by atoms with Gasteiger partial charge in [-0.15, -0.1) is 0 Å². The van der Waals surface area contributed by atoms with Gasteiger partial charge in [-0.25, -0.2) is 13.1 Å². The van der Waals surface area contributed by atoms with E-state index in [9.17, 15) is 8.42 Å². The fourth-order valence-corrected chi connectivity index (χ4v) is 3.16. The summed E-state index contributed by atoms with van der Waals surface area (Å²) in [5.41, 5.74) is 7.98. The molecule has 0 spiro atoms. The molecule has 3 N–H and O–H groups in total. The lowest BCUT2D eigenvalue weighted by Gasteiger charge is -2.12. The van der Waals surface area contributed by atoms with Gasteiger partial charge in [0.05, 0.1) is 17.9 Å². The van der Waals surface area contributed by atoms with Crippen molar-refractivity contribution in [3.8, 4) is 0 Å². The fourth-order valence-electron chi connectivity index (χ4n) is 1.73. The van der Waals surface area contributed by atoms with Gasteiger partial charge in [0.15, 0.2) is 0 Å². The third kappa shape index (κ3) is 2.77. The number of rotatable bonds is 4. The zero-order valence-electron chi connectivity index (χ0n) is 10.7. The van der Waals surface area contributed by atoms with Crippen molar-refractivity contribution < 1.29 is 12.9 Å². The van der Waals surface area contributed by atoms with E-state index in [1.807, 2.05) is 0 Å². The number of sulfonamides is 1. The monoisotopic (exact) mass is 281 g/mol. The van der Waals surface area contributed by atoms with E-state index in [4.69, 9.17) is 5.73 Å². The predicted molar refractivity (Wildman–Crippen MR) is 70.9 cm³/mol. The normalized spacial score (nSPS) is 11.7. The van der Waals surface area contributed by atoms with Crippen LogP contribution in [0, 0.1) is 13.8 Å². The van der Waals surface area contributed by atoms with Crippen molar-refractivity contribution in [1.82, 2.24) is 9.88 Å². The first-order valence-electron chi connectivity index (χ1n) is 5.66. The SMILES string of the molecule is Cc1ccc(C)c(S(=O)(=O)NCc2ccon2)c1N. The van der Waals surface area contributed by atoms with Crippen LogP contribution in [0.4, 0.5) is 5.69 Å². The molecule has 0 aliphatic carbocycles. The molecule has 7 heteroatoms. The smallest absolute Gasteiger partial charge is 0.243 e. The first-order chi connectivity index (χ1) is 8.92. The summed E-state index contributed by atoms with van der Waals surface area (Å²) in [6.45, 7) is 3.54. The molecule has 0 amide bonds. The third-order valence-electron chi connectivity index (χ3n) is 2.81. The van der Waals surface area contributed by atoms with Crippen LogP contribution in [0.5, 0.6) is 0 Å². The van der Waals surface area contributed by atoms with E-state index in [-0.39, 0.29) is 17.1 Å². The predicted octanol–water partition coefficient (Wildman–Crippen LogP) is 1.35. The van der Waals surface area contributed by atoms with Crippen LogP contribution in [0.15, 0.2) is 33.9 Å². The molecule has 0 saturated carbocycles. The maximum atomic E-state index is 12.3. The molecule has 0 bridgehead atoms. The second kappa shape index (κ2) is 5.02. The lowest BCUT2D eigenvalue weighted by molar-refractivity contribution is 0.411. The molecule has 1 aromatic heterocycles. The van der Waals surface area contributed by atoms with Gasteiger partial charge in [-0.2, -0.15) is 0 Å². The van der Waals surface area contributed by atoms with Gasteiger partial charge in [0.2, 0.25) is 10.0 Å². The summed E-state index contributed by atoms with van der Waals surface area (Å²) in [4.78, 5) is 0.121. The van der Waals surface area contributed by atoms with Gasteiger partial charge < -0.3 is 10.3 Å². The number of nitrogens with one attached hydrogen (secondary N) is 1. The van der Waals surface area contributed by atoms with Crippen molar-refractivity contribution in [1.29, 1.82) is 0 Å². The van der Waals surface area contributed by atoms with E-state index in [0.29, 0.717) is 11.3 Å². The Kier molecular flexibility index (Phi) is 3.59. The summed E-state index contributed by atoms with van der Waals surface area (Å²) in [5.74, 6) is 0. The number of anilines is 1. The van der Waals surface area contributed by atoms with Gasteiger partial charge in [0.1, 0.15) is 11.2 Å². The van der Waals surface area contributed by atoms with Crippen molar-refractivity contribution >= 4 is 15.7 Å². The highest BCUT2D eigenvalue weighted by Crippen LogP contribution is 2.25. The second-order valence-corrected chi connectivity index (χ2v) is 5.96. The Balaban J connectivity index is 2.32. The third-order valence-corrected chi connectivity index (χ3v) is 4.42. The van der Waals surface area contributed by atoms with Gasteiger partial charge in [-0.3, -0.25) is 0 Å². The molecule has 1 heterocycles. The summed E-state index contributed by atoms with van der Waals surface area (Å²) < 4.78 is 31.6. The Hall–Kier alpha value is -1.86. The highest BCUT2D eigenvalue weighted by molar-refractivity contribution is 7.89. The number of nitrogen functional groups attached to an aromatic ring is 1. The molecule has 0 saturated heterocycles. The van der Waals surface area contributed by atoms with Gasteiger partial charge in [0, 0.05) is 6.07 Å². The van der Waals surface area contributed by atoms with Crippen LogP contribution in [0.2, 0.25) is 0 Å². The molecule has 0 radical (unpaired) electrons. The quantitative estimate of drug-likeness (QED) is 0.824. The molecule has 0 aliphatic rings. The molecule has 0 fully saturated rings. The lowest BCUT2D eigenvalue weighted by atomic mass is 10.1. The summed E-state index contributed by atoms with van der Waals surface area (Å²) in [5, 5.41) is 3.64. The molecular formula is C12H15N3O3S. The summed E-state index contributed by atoms with van der Waals surface area (Å²) >= 11 is 0. The van der Waals surface area contributed by atoms with Crippen molar-refractivity contribution in [2.75, 3.05) is 5.73 Å². The Morgan fingerprint density at radius 2 is 1.95 bits per heavy atom. The Morgan fingerprint density at radius 3 is 2.58 bits per heavy atom. The maximum Gasteiger partial charge on any atom is 0.243 e. The van der Waals surface area contributed by atoms with Crippen LogP contribution in [0.25, 0.3) is 0 Å². The van der Waals surface area contributed by atoms with Crippen LogP contribution in [-0.4, -0.2) is 13.6 Å². The van der Waals surface area contributed by atoms with Crippen molar-refractivity contribution in [2.24, 2.45) is 0 Å². The summed E-state index contributed by atoms with van der Waals surface area (Å²) in [6, 6.07) is 5.12. The Labute approximate surface area is 111 Å². The molecule has 0 aliphatic heterocycles. The highest BCUT2D eigenvalue weighted by atomic mass is 32.2. The molecule has 2 rings (SSSR count). The average molecular weight is 281 g/mol.